The largest absolute Gasteiger partial charge is 0.390 e. The molecule has 0 aromatic carbocycles. The molecule has 0 spiro atoms. The topological polar surface area (TPSA) is 79.3 Å². The average Bonchev–Trinajstić information content (AvgIpc) is 3.25. The molecular weight excluding hydrogens is 320 g/mol. The van der Waals surface area contributed by atoms with Crippen LogP contribution in [-0.2, 0) is 14.3 Å². The lowest BCUT2D eigenvalue weighted by Gasteiger charge is -2.44. The molecule has 7 atom stereocenters. The molecule has 2 fully saturated rings. The fourth-order valence-electron chi connectivity index (χ4n) is 5.18. The molecule has 1 aliphatic carbocycles. The van der Waals surface area contributed by atoms with Gasteiger partial charge in [0.2, 0.25) is 0 Å². The number of fused-ring (bicyclic) bond motifs is 3. The zero-order chi connectivity index (χ0) is 18.2. The van der Waals surface area contributed by atoms with Crippen LogP contribution in [0.25, 0.3) is 0 Å². The number of rotatable bonds is 0. The van der Waals surface area contributed by atoms with Crippen molar-refractivity contribution in [3.8, 4) is 0 Å². The number of aliphatic hydroxyl groups excluding tert-OH is 2. The minimum atomic E-state index is -0.752. The number of ketones is 1. The Bertz CT molecular complexity index is 642. The van der Waals surface area contributed by atoms with Crippen molar-refractivity contribution in [2.24, 2.45) is 11.3 Å². The molecule has 2 bridgehead atoms. The predicted molar refractivity (Wildman–Crippen MR) is 92.0 cm³/mol. The molecule has 0 aromatic heterocycles. The first-order valence-electron chi connectivity index (χ1n) is 9.56. The molecule has 0 amide bonds. The number of aliphatic hydroxyl groups is 2. The molecule has 3 heterocycles. The quantitative estimate of drug-likeness (QED) is 0.655. The van der Waals surface area contributed by atoms with Gasteiger partial charge in [0.15, 0.2) is 5.78 Å². The van der Waals surface area contributed by atoms with E-state index in [0.717, 1.165) is 18.4 Å². The van der Waals surface area contributed by atoms with Crippen LogP contribution >= 0.6 is 0 Å². The van der Waals surface area contributed by atoms with Gasteiger partial charge < -0.3 is 19.7 Å². The van der Waals surface area contributed by atoms with Crippen LogP contribution in [0.1, 0.15) is 59.8 Å². The summed E-state index contributed by atoms with van der Waals surface area (Å²) in [5, 5.41) is 21.6. The lowest BCUT2D eigenvalue weighted by Crippen LogP contribution is -2.43. The van der Waals surface area contributed by atoms with Crippen molar-refractivity contribution < 1.29 is 24.5 Å². The monoisotopic (exact) mass is 350 g/mol. The van der Waals surface area contributed by atoms with Gasteiger partial charge in [-0.05, 0) is 62.9 Å². The van der Waals surface area contributed by atoms with Crippen molar-refractivity contribution in [2.75, 3.05) is 6.61 Å². The number of hydrogen-bond acceptors (Lipinski definition) is 5. The third kappa shape index (κ3) is 2.47. The van der Waals surface area contributed by atoms with Gasteiger partial charge >= 0.3 is 0 Å². The Hall–Kier alpha value is -0.750. The van der Waals surface area contributed by atoms with E-state index >= 15 is 0 Å². The first-order valence-corrected chi connectivity index (χ1v) is 9.56. The second kappa shape index (κ2) is 5.38. The van der Waals surface area contributed by atoms with Crippen molar-refractivity contribution in [3.63, 3.8) is 0 Å². The Morgan fingerprint density at radius 3 is 2.52 bits per heavy atom. The zero-order valence-electron chi connectivity index (χ0n) is 15.7. The third-order valence-electron chi connectivity index (χ3n) is 7.71. The molecule has 25 heavy (non-hydrogen) atoms. The van der Waals surface area contributed by atoms with Gasteiger partial charge in [0.25, 0.3) is 0 Å². The van der Waals surface area contributed by atoms with Crippen molar-refractivity contribution in [1.82, 2.24) is 0 Å². The van der Waals surface area contributed by atoms with Crippen LogP contribution in [-0.4, -0.2) is 52.1 Å². The summed E-state index contributed by atoms with van der Waals surface area (Å²) in [7, 11) is 0. The Labute approximate surface area is 149 Å². The van der Waals surface area contributed by atoms with Crippen LogP contribution in [0.5, 0.6) is 0 Å². The number of carbonyl (C=O) groups is 1. The smallest absolute Gasteiger partial charge is 0.193 e. The van der Waals surface area contributed by atoms with E-state index in [1.165, 1.54) is 0 Å². The van der Waals surface area contributed by atoms with Gasteiger partial charge in [-0.15, -0.1) is 0 Å². The normalized spacial score (nSPS) is 53.1. The first kappa shape index (κ1) is 17.7. The van der Waals surface area contributed by atoms with E-state index in [9.17, 15) is 15.0 Å². The highest BCUT2D eigenvalue weighted by atomic mass is 16.6. The predicted octanol–water partition coefficient (Wildman–Crippen LogP) is 2.14. The summed E-state index contributed by atoms with van der Waals surface area (Å²) in [5.74, 6) is 0.179. The van der Waals surface area contributed by atoms with Gasteiger partial charge in [-0.3, -0.25) is 4.79 Å². The number of ether oxygens (including phenoxy) is 2. The van der Waals surface area contributed by atoms with Crippen molar-refractivity contribution >= 4 is 5.78 Å². The molecule has 4 aliphatic rings. The molecular formula is C20H30O5. The highest BCUT2D eigenvalue weighted by Gasteiger charge is 2.60. The van der Waals surface area contributed by atoms with Crippen LogP contribution in [0.4, 0.5) is 0 Å². The summed E-state index contributed by atoms with van der Waals surface area (Å²) < 4.78 is 12.0. The average molecular weight is 350 g/mol. The minimum Gasteiger partial charge on any atom is -0.390 e. The highest BCUT2D eigenvalue weighted by Crippen LogP contribution is 2.54. The fourth-order valence-corrected chi connectivity index (χ4v) is 5.18. The Morgan fingerprint density at radius 2 is 1.80 bits per heavy atom. The molecule has 5 heteroatoms. The van der Waals surface area contributed by atoms with Gasteiger partial charge in [0, 0.05) is 5.57 Å². The Kier molecular flexibility index (Phi) is 3.80. The highest BCUT2D eigenvalue weighted by molar-refractivity contribution is 6.03. The summed E-state index contributed by atoms with van der Waals surface area (Å²) in [4.78, 5) is 13.2. The second-order valence-electron chi connectivity index (χ2n) is 9.29. The van der Waals surface area contributed by atoms with E-state index in [-0.39, 0.29) is 17.1 Å². The van der Waals surface area contributed by atoms with Crippen LogP contribution in [0.2, 0.25) is 0 Å². The Balaban J connectivity index is 1.87. The number of Topliss-reactive ketones (excluding diaryl/α,β-unsaturated/α-hetero) is 1. The number of epoxide rings is 1. The Morgan fingerprint density at radius 1 is 1.08 bits per heavy atom. The van der Waals surface area contributed by atoms with Gasteiger partial charge in [0.05, 0.1) is 24.4 Å². The van der Waals surface area contributed by atoms with E-state index in [1.807, 2.05) is 13.8 Å². The van der Waals surface area contributed by atoms with Crippen molar-refractivity contribution in [3.05, 3.63) is 11.1 Å². The van der Waals surface area contributed by atoms with E-state index in [4.69, 9.17) is 9.47 Å². The van der Waals surface area contributed by atoms with E-state index in [1.54, 1.807) is 0 Å². The molecule has 0 aromatic rings. The van der Waals surface area contributed by atoms with Crippen LogP contribution in [0.15, 0.2) is 11.1 Å². The van der Waals surface area contributed by atoms with Gasteiger partial charge in [-0.25, -0.2) is 0 Å². The molecule has 2 saturated heterocycles. The molecule has 0 saturated carbocycles. The summed E-state index contributed by atoms with van der Waals surface area (Å²) in [5.41, 5.74) is 0.109. The first-order chi connectivity index (χ1) is 11.6. The summed E-state index contributed by atoms with van der Waals surface area (Å²) in [6.45, 7) is 8.55. The maximum absolute atomic E-state index is 13.2. The SMILES string of the molecule is CC1CC(O)C2=C3COC(C)(CCC31C)C(O)CCC1(C)OC1C2=O. The van der Waals surface area contributed by atoms with E-state index in [0.29, 0.717) is 31.4 Å². The minimum absolute atomic E-state index is 0.0771. The van der Waals surface area contributed by atoms with Gasteiger partial charge in [-0.1, -0.05) is 13.8 Å². The van der Waals surface area contributed by atoms with E-state index < -0.39 is 29.5 Å². The third-order valence-corrected chi connectivity index (χ3v) is 7.71. The van der Waals surface area contributed by atoms with Gasteiger partial charge in [0.1, 0.15) is 11.7 Å². The summed E-state index contributed by atoms with van der Waals surface area (Å²) in [6, 6.07) is 0. The van der Waals surface area contributed by atoms with Crippen LogP contribution in [0.3, 0.4) is 0 Å². The maximum Gasteiger partial charge on any atom is 0.193 e. The maximum atomic E-state index is 13.2. The zero-order valence-corrected chi connectivity index (χ0v) is 15.7. The van der Waals surface area contributed by atoms with Crippen molar-refractivity contribution in [1.29, 1.82) is 0 Å². The second-order valence-corrected chi connectivity index (χ2v) is 9.29. The summed E-state index contributed by atoms with van der Waals surface area (Å²) >= 11 is 0. The lowest BCUT2D eigenvalue weighted by molar-refractivity contribution is -0.118. The van der Waals surface area contributed by atoms with Gasteiger partial charge in [-0.2, -0.15) is 0 Å². The number of hydrogen-bond donors (Lipinski definition) is 2. The van der Waals surface area contributed by atoms with Crippen LogP contribution < -0.4 is 0 Å². The molecule has 3 aliphatic heterocycles. The van der Waals surface area contributed by atoms with Crippen molar-refractivity contribution in [2.45, 2.75) is 89.3 Å². The molecule has 0 radical (unpaired) electrons. The number of carbonyl (C=O) groups excluding carboxylic acids is 1. The fraction of sp³-hybridized carbons (Fsp3) is 0.850. The molecule has 7 unspecified atom stereocenters. The molecule has 2 N–H and O–H groups in total. The summed E-state index contributed by atoms with van der Waals surface area (Å²) in [6.07, 6.45) is 1.52. The van der Waals surface area contributed by atoms with Crippen LogP contribution in [0, 0.1) is 11.3 Å². The molecule has 5 nitrogen and oxygen atoms in total. The standard InChI is InChI=1S/C20H30O5/c1-11-9-13(21)15-12-10-24-19(3,8-7-18(11,12)2)14(22)5-6-20(4)17(25-20)16(15)23/h11,13-14,17,21-22H,5-10H2,1-4H3. The lowest BCUT2D eigenvalue weighted by atomic mass is 9.61. The van der Waals surface area contributed by atoms with E-state index in [2.05, 4.69) is 13.8 Å². The molecule has 140 valence electrons. The molecule has 4 rings (SSSR count).